The van der Waals surface area contributed by atoms with Crippen LogP contribution in [0.1, 0.15) is 65.7 Å². The van der Waals surface area contributed by atoms with E-state index in [-0.39, 0.29) is 0 Å². The number of hydrogen-bond acceptors (Lipinski definition) is 5. The molecule has 5 nitrogen and oxygen atoms in total. The minimum Gasteiger partial charge on any atom is -0.380 e. The first-order chi connectivity index (χ1) is 12.0. The molecule has 0 radical (unpaired) electrons. The van der Waals surface area contributed by atoms with Crippen molar-refractivity contribution in [1.29, 1.82) is 0 Å². The smallest absolute Gasteiger partial charge is 0.225 e. The molecule has 138 valence electrons. The molecule has 1 spiro atoms. The van der Waals surface area contributed by atoms with Crippen LogP contribution in [0.5, 0.6) is 0 Å². The van der Waals surface area contributed by atoms with Gasteiger partial charge in [0.05, 0.1) is 18.1 Å². The number of rotatable bonds is 5. The third kappa shape index (κ3) is 4.31. The van der Waals surface area contributed by atoms with Crippen molar-refractivity contribution in [2.75, 3.05) is 23.3 Å². The molecule has 1 saturated heterocycles. The first kappa shape index (κ1) is 18.2. The summed E-state index contributed by atoms with van der Waals surface area (Å²) in [5, 5.41) is 3.33. The van der Waals surface area contributed by atoms with Gasteiger partial charge in [-0.3, -0.25) is 4.79 Å². The van der Waals surface area contributed by atoms with Gasteiger partial charge in [-0.2, -0.15) is 0 Å². The van der Waals surface area contributed by atoms with Gasteiger partial charge in [-0.25, -0.2) is 9.97 Å². The van der Waals surface area contributed by atoms with Crippen molar-refractivity contribution in [1.82, 2.24) is 9.97 Å². The van der Waals surface area contributed by atoms with E-state index in [1.54, 1.807) is 0 Å². The Morgan fingerprint density at radius 3 is 2.32 bits per heavy atom. The predicted molar refractivity (Wildman–Crippen MR) is 102 cm³/mol. The maximum absolute atomic E-state index is 11.9. The molecule has 1 aliphatic heterocycles. The van der Waals surface area contributed by atoms with Gasteiger partial charge in [-0.15, -0.1) is 0 Å². The highest BCUT2D eigenvalue weighted by atomic mass is 16.1. The normalized spacial score (nSPS) is 20.9. The number of carbonyl (C=O) groups is 1. The van der Waals surface area contributed by atoms with Crippen LogP contribution in [0.4, 0.5) is 11.6 Å². The van der Waals surface area contributed by atoms with Crippen molar-refractivity contribution in [3.63, 3.8) is 0 Å². The number of ketones is 1. The summed E-state index contributed by atoms with van der Waals surface area (Å²) in [4.78, 5) is 23.3. The summed E-state index contributed by atoms with van der Waals surface area (Å²) in [6.45, 7) is 8.28. The quantitative estimate of drug-likeness (QED) is 0.873. The van der Waals surface area contributed by atoms with Crippen LogP contribution in [0.15, 0.2) is 12.4 Å². The molecule has 1 aliphatic carbocycles. The lowest BCUT2D eigenvalue weighted by molar-refractivity contribution is -0.124. The molecule has 2 fully saturated rings. The molecule has 3 rings (SSSR count). The number of hydrogen-bond donors (Lipinski definition) is 1. The van der Waals surface area contributed by atoms with E-state index in [1.165, 1.54) is 25.7 Å². The van der Waals surface area contributed by atoms with E-state index in [0.717, 1.165) is 37.6 Å². The number of Topliss-reactive ketones (excluding diaryl/α,β-unsaturated/α-hetero) is 1. The number of aromatic nitrogens is 2. The molecule has 0 amide bonds. The fourth-order valence-electron chi connectivity index (χ4n) is 4.41. The van der Waals surface area contributed by atoms with Crippen molar-refractivity contribution in [2.45, 2.75) is 71.8 Å². The SMILES string of the molecule is CCC(=O)C1CCC2(CC1)CCN(c1ncc(NC(C)C)cn1)CC2. The molecule has 25 heavy (non-hydrogen) atoms. The minimum absolute atomic E-state index is 0.331. The second kappa shape index (κ2) is 7.71. The maximum Gasteiger partial charge on any atom is 0.225 e. The van der Waals surface area contributed by atoms with Crippen molar-refractivity contribution in [3.8, 4) is 0 Å². The van der Waals surface area contributed by atoms with E-state index in [1.807, 2.05) is 19.3 Å². The fourth-order valence-corrected chi connectivity index (χ4v) is 4.41. The van der Waals surface area contributed by atoms with Gasteiger partial charge < -0.3 is 10.2 Å². The summed E-state index contributed by atoms with van der Waals surface area (Å²) in [6, 6.07) is 0.388. The van der Waals surface area contributed by atoms with E-state index in [2.05, 4.69) is 34.0 Å². The van der Waals surface area contributed by atoms with E-state index in [0.29, 0.717) is 29.6 Å². The van der Waals surface area contributed by atoms with Crippen LogP contribution in [0.3, 0.4) is 0 Å². The third-order valence-corrected chi connectivity index (χ3v) is 6.05. The lowest BCUT2D eigenvalue weighted by Crippen LogP contribution is -2.43. The fraction of sp³-hybridized carbons (Fsp3) is 0.750. The summed E-state index contributed by atoms with van der Waals surface area (Å²) in [5.41, 5.74) is 1.44. The summed E-state index contributed by atoms with van der Waals surface area (Å²) in [6.07, 6.45) is 11.5. The Morgan fingerprint density at radius 2 is 1.80 bits per heavy atom. The lowest BCUT2D eigenvalue weighted by Gasteiger charge is -2.45. The predicted octanol–water partition coefficient (Wildman–Crippen LogP) is 4.05. The highest BCUT2D eigenvalue weighted by molar-refractivity contribution is 5.80. The van der Waals surface area contributed by atoms with Gasteiger partial charge in [0.15, 0.2) is 0 Å². The van der Waals surface area contributed by atoms with Crippen LogP contribution < -0.4 is 10.2 Å². The van der Waals surface area contributed by atoms with Crippen LogP contribution in [-0.4, -0.2) is 34.9 Å². The van der Waals surface area contributed by atoms with Crippen molar-refractivity contribution < 1.29 is 4.79 Å². The number of carbonyl (C=O) groups excluding carboxylic acids is 1. The number of nitrogens with zero attached hydrogens (tertiary/aromatic N) is 3. The molecule has 1 saturated carbocycles. The molecule has 0 atom stereocenters. The van der Waals surface area contributed by atoms with Crippen LogP contribution in [0.2, 0.25) is 0 Å². The van der Waals surface area contributed by atoms with Gasteiger partial charge in [0, 0.05) is 31.5 Å². The topological polar surface area (TPSA) is 58.1 Å². The summed E-state index contributed by atoms with van der Waals surface area (Å²) in [7, 11) is 0. The Hall–Kier alpha value is -1.65. The largest absolute Gasteiger partial charge is 0.380 e. The minimum atomic E-state index is 0.331. The van der Waals surface area contributed by atoms with E-state index in [9.17, 15) is 4.79 Å². The van der Waals surface area contributed by atoms with Gasteiger partial charge >= 0.3 is 0 Å². The molecule has 0 unspecified atom stereocenters. The molecule has 1 N–H and O–H groups in total. The second-order valence-electron chi connectivity index (χ2n) is 8.15. The first-order valence-electron chi connectivity index (χ1n) is 9.87. The Morgan fingerprint density at radius 1 is 1.20 bits per heavy atom. The molecule has 1 aromatic heterocycles. The zero-order valence-electron chi connectivity index (χ0n) is 15.9. The third-order valence-electron chi connectivity index (χ3n) is 6.05. The van der Waals surface area contributed by atoms with Gasteiger partial charge in [0.1, 0.15) is 5.78 Å². The van der Waals surface area contributed by atoms with Crippen LogP contribution in [0, 0.1) is 11.3 Å². The Bertz CT molecular complexity index is 566. The molecule has 5 heteroatoms. The molecular formula is C20H32N4O. The summed E-state index contributed by atoms with van der Waals surface area (Å²) >= 11 is 0. The zero-order valence-corrected chi connectivity index (χ0v) is 15.9. The Kier molecular flexibility index (Phi) is 5.60. The zero-order chi connectivity index (χ0) is 17.9. The van der Waals surface area contributed by atoms with Gasteiger partial charge in [0.2, 0.25) is 5.95 Å². The van der Waals surface area contributed by atoms with Crippen LogP contribution in [-0.2, 0) is 4.79 Å². The number of nitrogens with one attached hydrogen (secondary N) is 1. The molecule has 2 aliphatic rings. The second-order valence-corrected chi connectivity index (χ2v) is 8.15. The number of piperidine rings is 1. The van der Waals surface area contributed by atoms with Gasteiger partial charge in [-0.1, -0.05) is 6.92 Å². The Balaban J connectivity index is 1.53. The molecule has 0 aromatic carbocycles. The molecule has 1 aromatic rings. The lowest BCUT2D eigenvalue weighted by atomic mass is 9.65. The number of anilines is 2. The van der Waals surface area contributed by atoms with Gasteiger partial charge in [0.25, 0.3) is 0 Å². The highest BCUT2D eigenvalue weighted by Crippen LogP contribution is 2.46. The standard InChI is InChI=1S/C20H32N4O/c1-4-18(25)16-5-7-20(8-6-16)9-11-24(12-10-20)19-21-13-17(14-22-19)23-15(2)3/h13-16,23H,4-12H2,1-3H3. The average molecular weight is 345 g/mol. The molecule has 2 heterocycles. The average Bonchev–Trinajstić information content (AvgIpc) is 2.63. The Labute approximate surface area is 151 Å². The monoisotopic (exact) mass is 344 g/mol. The van der Waals surface area contributed by atoms with Crippen LogP contribution in [0.25, 0.3) is 0 Å². The van der Waals surface area contributed by atoms with Crippen LogP contribution >= 0.6 is 0 Å². The van der Waals surface area contributed by atoms with E-state index in [4.69, 9.17) is 0 Å². The van der Waals surface area contributed by atoms with Crippen molar-refractivity contribution >= 4 is 17.4 Å². The maximum atomic E-state index is 11.9. The van der Waals surface area contributed by atoms with Crippen molar-refractivity contribution in [2.24, 2.45) is 11.3 Å². The summed E-state index contributed by atoms with van der Waals surface area (Å²) in [5.74, 6) is 1.65. The van der Waals surface area contributed by atoms with Crippen molar-refractivity contribution in [3.05, 3.63) is 12.4 Å². The summed E-state index contributed by atoms with van der Waals surface area (Å²) < 4.78 is 0. The first-order valence-corrected chi connectivity index (χ1v) is 9.87. The van der Waals surface area contributed by atoms with E-state index < -0.39 is 0 Å². The molecular weight excluding hydrogens is 312 g/mol. The van der Waals surface area contributed by atoms with E-state index >= 15 is 0 Å². The van der Waals surface area contributed by atoms with Gasteiger partial charge in [-0.05, 0) is 57.8 Å². The highest BCUT2D eigenvalue weighted by Gasteiger charge is 2.39. The molecule has 0 bridgehead atoms.